The molecule has 83 heavy (non-hydrogen) atoms. The fourth-order valence-corrected chi connectivity index (χ4v) is 10.5. The molecule has 0 saturated carbocycles. The number of fused-ring (bicyclic) bond motifs is 4. The first-order valence-corrected chi connectivity index (χ1v) is 27.1. The van der Waals surface area contributed by atoms with E-state index in [1.807, 2.05) is 27.7 Å². The SMILES string of the molecule is CC(=O)O[C@H]1C(n2cnc3c(Cl)nc(F)nc32)O[C@H](C)[C@H]1C.CC(=O)O[C@H]1C(n2cnc3c(Cl)nc(N)nc32)O[C@H](C)[C@H]1C.CNc1nc(C)nc2c1ncn2C1O[C@H](C)[C@@H](O)[C@H]1O.Cc1nc(Cl)c2ncn(C3O[C@H](C)[C@@H](O)[C@H]3O)c2n1. The molecule has 0 bridgehead atoms. The zero-order valence-corrected chi connectivity index (χ0v) is 48.6. The molecule has 7 N–H and O–H groups in total. The smallest absolute Gasteiger partial charge is 0.312 e. The van der Waals surface area contributed by atoms with Crippen molar-refractivity contribution in [2.45, 2.75) is 155 Å². The van der Waals surface area contributed by atoms with Crippen molar-refractivity contribution in [3.8, 4) is 0 Å². The number of halogens is 4. The van der Waals surface area contributed by atoms with Crippen LogP contribution in [0.3, 0.4) is 0 Å². The summed E-state index contributed by atoms with van der Waals surface area (Å²) in [5.41, 5.74) is 9.06. The number of aliphatic hydroxyl groups is 4. The minimum Gasteiger partial charge on any atom is -0.457 e. The number of esters is 2. The Bertz CT molecular complexity index is 3560. The monoisotopic (exact) mass is 1220 g/mol. The number of aliphatic hydroxyl groups excluding tert-OH is 4. The molecule has 0 amide bonds. The Kier molecular flexibility index (Phi) is 17.9. The third-order valence-electron chi connectivity index (χ3n) is 14.5. The molecule has 12 rings (SSSR count). The summed E-state index contributed by atoms with van der Waals surface area (Å²) >= 11 is 17.9. The molecule has 0 aromatic carbocycles. The fraction of sp³-hybridized carbons (Fsp3) is 0.551. The Labute approximate surface area is 485 Å². The third-order valence-corrected chi connectivity index (χ3v) is 15.2. The number of nitrogens with one attached hydrogen (secondary N) is 1. The van der Waals surface area contributed by atoms with Gasteiger partial charge >= 0.3 is 18.0 Å². The van der Waals surface area contributed by atoms with Crippen LogP contribution in [0.1, 0.15) is 92.0 Å². The van der Waals surface area contributed by atoms with E-state index in [0.717, 1.165) is 0 Å². The van der Waals surface area contributed by atoms with Gasteiger partial charge in [-0.1, -0.05) is 48.7 Å². The highest BCUT2D eigenvalue weighted by Gasteiger charge is 2.46. The number of aromatic nitrogens is 16. The predicted octanol–water partition coefficient (Wildman–Crippen LogP) is 3.89. The minimum atomic E-state index is -1.04. The number of ether oxygens (including phenoxy) is 6. The average Bonchev–Trinajstić information content (AvgIpc) is 3.05. The molecule has 8 aromatic heterocycles. The van der Waals surface area contributed by atoms with Crippen molar-refractivity contribution in [2.75, 3.05) is 18.1 Å². The molecule has 4 saturated heterocycles. The number of nitrogens with zero attached hydrogens (tertiary/aromatic N) is 16. The summed E-state index contributed by atoms with van der Waals surface area (Å²) in [5, 5.41) is 42.9. The van der Waals surface area contributed by atoms with Gasteiger partial charge in [-0.25, -0.2) is 39.9 Å². The van der Waals surface area contributed by atoms with E-state index in [4.69, 9.17) is 69.0 Å². The molecule has 0 radical (unpaired) electrons. The Balaban J connectivity index is 0.000000133. The lowest BCUT2D eigenvalue weighted by molar-refractivity contribution is -0.154. The highest BCUT2D eigenvalue weighted by atomic mass is 35.5. The number of anilines is 2. The Morgan fingerprint density at radius 1 is 0.530 bits per heavy atom. The van der Waals surface area contributed by atoms with Gasteiger partial charge in [0, 0.05) is 32.7 Å². The van der Waals surface area contributed by atoms with Crippen LogP contribution in [0.2, 0.25) is 15.5 Å². The fourth-order valence-electron chi connectivity index (χ4n) is 9.86. The second kappa shape index (κ2) is 24.4. The third kappa shape index (κ3) is 12.0. The first kappa shape index (κ1) is 60.8. The molecule has 4 fully saturated rings. The summed E-state index contributed by atoms with van der Waals surface area (Å²) in [6, 6.07) is 0. The lowest BCUT2D eigenvalue weighted by atomic mass is 10.0. The van der Waals surface area contributed by atoms with Crippen molar-refractivity contribution >= 4 is 103 Å². The van der Waals surface area contributed by atoms with E-state index >= 15 is 0 Å². The van der Waals surface area contributed by atoms with Gasteiger partial charge in [0.25, 0.3) is 0 Å². The van der Waals surface area contributed by atoms with E-state index in [-0.39, 0.29) is 62.6 Å². The zero-order valence-electron chi connectivity index (χ0n) is 46.3. The van der Waals surface area contributed by atoms with Gasteiger partial charge in [-0.05, 0) is 41.5 Å². The Hall–Kier alpha value is -6.78. The van der Waals surface area contributed by atoms with Crippen molar-refractivity contribution in [1.29, 1.82) is 0 Å². The highest BCUT2D eigenvalue weighted by Crippen LogP contribution is 2.40. The lowest BCUT2D eigenvalue weighted by Crippen LogP contribution is -2.30. The molecule has 4 aliphatic heterocycles. The largest absolute Gasteiger partial charge is 0.457 e. The molecule has 34 heteroatoms. The van der Waals surface area contributed by atoms with Gasteiger partial charge in [0.05, 0.1) is 49.7 Å². The number of aryl methyl sites for hydroxylation is 2. The molecular weight excluding hydrogens is 1160 g/mol. The molecule has 0 spiro atoms. The van der Waals surface area contributed by atoms with E-state index in [2.05, 4.69) is 65.1 Å². The first-order chi connectivity index (χ1) is 39.3. The van der Waals surface area contributed by atoms with E-state index in [1.165, 1.54) is 43.7 Å². The van der Waals surface area contributed by atoms with Gasteiger partial charge in [-0.15, -0.1) is 0 Å². The highest BCUT2D eigenvalue weighted by molar-refractivity contribution is 6.34. The van der Waals surface area contributed by atoms with Gasteiger partial charge in [0.2, 0.25) is 5.95 Å². The molecule has 12 heterocycles. The van der Waals surface area contributed by atoms with Gasteiger partial charge in [0.1, 0.15) is 52.6 Å². The molecule has 4 unspecified atom stereocenters. The van der Waals surface area contributed by atoms with Crippen molar-refractivity contribution < 1.29 is 62.8 Å². The van der Waals surface area contributed by atoms with E-state index in [9.17, 15) is 34.4 Å². The topological polar surface area (TPSA) is 383 Å². The van der Waals surface area contributed by atoms with Gasteiger partial charge in [0.15, 0.2) is 86.5 Å². The average molecular weight is 1220 g/mol. The number of nitrogens with two attached hydrogens (primary N) is 1. The number of hydrogen-bond acceptors (Lipinski definition) is 26. The molecule has 446 valence electrons. The van der Waals surface area contributed by atoms with Crippen LogP contribution in [0.5, 0.6) is 0 Å². The van der Waals surface area contributed by atoms with Gasteiger partial charge < -0.3 is 59.9 Å². The van der Waals surface area contributed by atoms with Crippen LogP contribution < -0.4 is 11.1 Å². The van der Waals surface area contributed by atoms with Gasteiger partial charge in [-0.3, -0.25) is 27.9 Å². The summed E-state index contributed by atoms with van der Waals surface area (Å²) < 4.78 is 53.5. The van der Waals surface area contributed by atoms with Crippen LogP contribution in [-0.2, 0) is 38.0 Å². The number of rotatable bonds is 7. The van der Waals surface area contributed by atoms with E-state index in [0.29, 0.717) is 51.0 Å². The standard InChI is InChI=1S/C13H14ClFN4O3.C13H16ClN5O3.C12H17N5O3.C11H13ClN4O3/c2*1-5-6(2)21-12(9(5)22-7(3)20)19-4-16-8-10(14)17-13(15)18-11(8)19;1-5-8(18)9(19)12(20-5)17-4-14-7-10(13-3)15-6(2)16-11(7)17;1-4-7(17)8(18)11(19-4)16-3-13-6-9(12)14-5(2)15-10(6)16/h4-6,9,12H,1-3H3;4-6,9,12H,1-3H3,(H2,15,17,18);4-5,8-9,12,18-19H,1-3H3,(H,13,15,16);3-4,7-8,11,17-18H,1-2H3/t2*5-,6-,9-,12?;5-,8-,9-,12?;4-,7-,8-,11?/m1111/s1. The second-order valence-corrected chi connectivity index (χ2v) is 21.2. The quantitative estimate of drug-likeness (QED) is 0.0748. The maximum absolute atomic E-state index is 13.4. The van der Waals surface area contributed by atoms with Crippen molar-refractivity contribution in [3.63, 3.8) is 0 Å². The van der Waals surface area contributed by atoms with Crippen LogP contribution in [-0.4, -0.2) is 179 Å². The summed E-state index contributed by atoms with van der Waals surface area (Å²) in [5.74, 6) is 0.966. The summed E-state index contributed by atoms with van der Waals surface area (Å²) in [6.07, 6.45) is -3.64. The maximum atomic E-state index is 13.4. The zero-order chi connectivity index (χ0) is 60.2. The molecule has 8 aromatic rings. The number of carbonyl (C=O) groups is 2. The normalized spacial score (nSPS) is 29.3. The van der Waals surface area contributed by atoms with E-state index < -0.39 is 85.8 Å². The van der Waals surface area contributed by atoms with Crippen LogP contribution in [0, 0.1) is 31.8 Å². The van der Waals surface area contributed by atoms with Crippen LogP contribution in [0.4, 0.5) is 16.2 Å². The van der Waals surface area contributed by atoms with Crippen LogP contribution in [0.25, 0.3) is 44.7 Å². The Morgan fingerprint density at radius 2 is 0.892 bits per heavy atom. The molecule has 30 nitrogen and oxygen atoms in total. The summed E-state index contributed by atoms with van der Waals surface area (Å²) in [6.45, 7) is 17.3. The maximum Gasteiger partial charge on any atom is 0.312 e. The summed E-state index contributed by atoms with van der Waals surface area (Å²) in [4.78, 5) is 71.4. The number of nitrogen functional groups attached to an aromatic ring is 1. The van der Waals surface area contributed by atoms with E-state index in [1.54, 1.807) is 48.4 Å². The van der Waals surface area contributed by atoms with Crippen molar-refractivity contribution in [3.05, 3.63) is 58.5 Å². The molecule has 0 aliphatic carbocycles. The van der Waals surface area contributed by atoms with Crippen LogP contribution >= 0.6 is 34.8 Å². The Morgan fingerprint density at radius 3 is 1.31 bits per heavy atom. The summed E-state index contributed by atoms with van der Waals surface area (Å²) in [7, 11) is 1.76. The van der Waals surface area contributed by atoms with Gasteiger partial charge in [-0.2, -0.15) is 24.3 Å². The number of hydrogen-bond donors (Lipinski definition) is 6. The van der Waals surface area contributed by atoms with Crippen LogP contribution in [0.15, 0.2) is 25.3 Å². The second-order valence-electron chi connectivity index (χ2n) is 20.1. The molecular formula is C49H60Cl3FN18O12. The first-order valence-electron chi connectivity index (χ1n) is 25.9. The number of carbonyl (C=O) groups excluding carboxylic acids is 2. The van der Waals surface area contributed by atoms with Crippen molar-refractivity contribution in [2.24, 2.45) is 11.8 Å². The predicted molar refractivity (Wildman–Crippen MR) is 292 cm³/mol. The van der Waals surface area contributed by atoms with Crippen molar-refractivity contribution in [1.82, 2.24) is 78.1 Å². The molecule has 16 atom stereocenters. The minimum absolute atomic E-state index is 0.0287. The molecule has 4 aliphatic rings. The number of imidazole rings is 4. The lowest BCUT2D eigenvalue weighted by Gasteiger charge is -2.21.